The zero-order valence-corrected chi connectivity index (χ0v) is 31.3. The minimum Gasteiger partial charge on any atom is -0.497 e. The second-order valence-electron chi connectivity index (χ2n) is 16.5. The van der Waals surface area contributed by atoms with Gasteiger partial charge in [-0.1, -0.05) is 34.1 Å². The standard InChI is InChI=1S/C38H56N6O7/c1-9-10-26(31(45)34(47)39-22-13-14-22)41-33(46)29-18-24(20-44(29)35(48)32(37(2,3)4)42-36(49)43-38(5,6)7)51-30-19-27(21-11-12-21)40-28-17-23(50-8)15-16-25(28)30/h15-17,19,21-22,24,26,29,31-32,45H,9-14,18,20H2,1-8H3,(H,39,47)(H,41,46)(H2,42,43,49)/t24?,26-,29-,31?,32+/m0/s1. The van der Waals surface area contributed by atoms with E-state index in [0.717, 1.165) is 42.3 Å². The van der Waals surface area contributed by atoms with Crippen LogP contribution in [0.4, 0.5) is 4.79 Å². The van der Waals surface area contributed by atoms with Crippen LogP contribution in [0.15, 0.2) is 24.3 Å². The third-order valence-electron chi connectivity index (χ3n) is 9.51. The van der Waals surface area contributed by atoms with Gasteiger partial charge in [0.25, 0.3) is 5.91 Å². The summed E-state index contributed by atoms with van der Waals surface area (Å²) < 4.78 is 12.1. The van der Waals surface area contributed by atoms with Gasteiger partial charge in [0.2, 0.25) is 11.8 Å². The van der Waals surface area contributed by atoms with Crippen molar-refractivity contribution in [2.24, 2.45) is 5.41 Å². The molecule has 5 rings (SSSR count). The van der Waals surface area contributed by atoms with E-state index in [2.05, 4.69) is 21.3 Å². The third kappa shape index (κ3) is 9.81. The Morgan fingerprint density at radius 1 is 1.02 bits per heavy atom. The average molecular weight is 709 g/mol. The molecule has 3 fully saturated rings. The molecule has 1 saturated heterocycles. The number of rotatable bonds is 13. The first-order chi connectivity index (χ1) is 24.0. The van der Waals surface area contributed by atoms with Gasteiger partial charge in [0.05, 0.1) is 25.2 Å². The SMILES string of the molecule is CCC[C@H](NC(=O)[C@@H]1CC(Oc2cc(C3CC3)nc3cc(OC)ccc23)CN1C(=O)[C@@H](NC(=O)NC(C)(C)C)C(C)(C)C)C(O)C(=O)NC1CC1. The lowest BCUT2D eigenvalue weighted by Crippen LogP contribution is -2.61. The number of carbonyl (C=O) groups excluding carboxylic acids is 4. The number of benzene rings is 1. The molecule has 5 N–H and O–H groups in total. The Labute approximate surface area is 301 Å². The highest BCUT2D eigenvalue weighted by Crippen LogP contribution is 2.42. The number of hydrogen-bond acceptors (Lipinski definition) is 8. The van der Waals surface area contributed by atoms with Gasteiger partial charge in [-0.05, 0) is 70.4 Å². The summed E-state index contributed by atoms with van der Waals surface area (Å²) in [4.78, 5) is 61.0. The molecule has 1 aromatic heterocycles. The Morgan fingerprint density at radius 3 is 2.31 bits per heavy atom. The van der Waals surface area contributed by atoms with Crippen LogP contribution >= 0.6 is 0 Å². The van der Waals surface area contributed by atoms with E-state index >= 15 is 0 Å². The van der Waals surface area contributed by atoms with Gasteiger partial charge in [0.15, 0.2) is 6.10 Å². The minimum absolute atomic E-state index is 0.0501. The van der Waals surface area contributed by atoms with Crippen LogP contribution in [0.3, 0.4) is 0 Å². The Morgan fingerprint density at radius 2 is 1.73 bits per heavy atom. The summed E-state index contributed by atoms with van der Waals surface area (Å²) in [5.41, 5.74) is 0.404. The predicted octanol–water partition coefficient (Wildman–Crippen LogP) is 3.91. The van der Waals surface area contributed by atoms with Gasteiger partial charge in [0.1, 0.15) is 29.7 Å². The molecule has 2 saturated carbocycles. The molecule has 13 nitrogen and oxygen atoms in total. The number of aromatic nitrogens is 1. The molecule has 2 heterocycles. The fourth-order valence-corrected chi connectivity index (χ4v) is 6.48. The number of hydrogen-bond donors (Lipinski definition) is 5. The van der Waals surface area contributed by atoms with Crippen LogP contribution in [0, 0.1) is 5.41 Å². The second-order valence-corrected chi connectivity index (χ2v) is 16.5. The molecule has 280 valence electrons. The van der Waals surface area contributed by atoms with E-state index in [1.165, 1.54) is 4.90 Å². The molecule has 0 spiro atoms. The van der Waals surface area contributed by atoms with Crippen molar-refractivity contribution < 1.29 is 33.8 Å². The molecule has 3 aliphatic rings. The number of aliphatic hydroxyl groups excluding tert-OH is 1. The van der Waals surface area contributed by atoms with Crippen LogP contribution < -0.4 is 30.7 Å². The molecular weight excluding hydrogens is 652 g/mol. The monoisotopic (exact) mass is 708 g/mol. The zero-order chi connectivity index (χ0) is 37.2. The van der Waals surface area contributed by atoms with E-state index < -0.39 is 65.0 Å². The first-order valence-electron chi connectivity index (χ1n) is 18.3. The number of amides is 5. The summed E-state index contributed by atoms with van der Waals surface area (Å²) in [7, 11) is 1.61. The summed E-state index contributed by atoms with van der Waals surface area (Å²) in [5.74, 6) is 0.176. The molecular formula is C38H56N6O7. The van der Waals surface area contributed by atoms with E-state index in [1.807, 2.05) is 72.7 Å². The van der Waals surface area contributed by atoms with Crippen molar-refractivity contribution in [1.29, 1.82) is 0 Å². The van der Waals surface area contributed by atoms with E-state index in [1.54, 1.807) is 7.11 Å². The van der Waals surface area contributed by atoms with Crippen molar-refractivity contribution >= 4 is 34.7 Å². The number of fused-ring (bicyclic) bond motifs is 1. The molecule has 13 heteroatoms. The molecule has 51 heavy (non-hydrogen) atoms. The van der Waals surface area contributed by atoms with Crippen LogP contribution in [0.2, 0.25) is 0 Å². The number of pyridine rings is 1. The molecule has 5 atom stereocenters. The second kappa shape index (κ2) is 15.2. The minimum atomic E-state index is -1.45. The van der Waals surface area contributed by atoms with Gasteiger partial charge in [-0.2, -0.15) is 0 Å². The van der Waals surface area contributed by atoms with Crippen LogP contribution in [0.1, 0.15) is 105 Å². The molecule has 1 aromatic carbocycles. The summed E-state index contributed by atoms with van der Waals surface area (Å²) in [6, 6.07) is 4.29. The van der Waals surface area contributed by atoms with Gasteiger partial charge < -0.3 is 40.7 Å². The van der Waals surface area contributed by atoms with Gasteiger partial charge in [-0.25, -0.2) is 4.79 Å². The molecule has 1 aliphatic heterocycles. The van der Waals surface area contributed by atoms with E-state index in [9.17, 15) is 24.3 Å². The normalized spacial score (nSPS) is 21.0. The van der Waals surface area contributed by atoms with Gasteiger partial charge in [-0.3, -0.25) is 19.4 Å². The molecule has 0 bridgehead atoms. The van der Waals surface area contributed by atoms with E-state index in [-0.39, 0.29) is 19.0 Å². The molecule has 5 amide bonds. The molecule has 2 aromatic rings. The van der Waals surface area contributed by atoms with Gasteiger partial charge in [0, 0.05) is 47.1 Å². The Balaban J connectivity index is 1.44. The summed E-state index contributed by atoms with van der Waals surface area (Å²) in [6.07, 6.45) is 2.92. The number of nitrogens with zero attached hydrogens (tertiary/aromatic N) is 2. The van der Waals surface area contributed by atoms with Crippen molar-refractivity contribution in [3.8, 4) is 11.5 Å². The quantitative estimate of drug-likeness (QED) is 0.209. The molecule has 0 radical (unpaired) electrons. The Kier molecular flexibility index (Phi) is 11.4. The number of methoxy groups -OCH3 is 1. The maximum Gasteiger partial charge on any atom is 0.315 e. The van der Waals surface area contributed by atoms with Crippen molar-refractivity contribution in [2.75, 3.05) is 13.7 Å². The Hall–Kier alpha value is -4.13. The van der Waals surface area contributed by atoms with Crippen LogP contribution in [-0.4, -0.2) is 94.3 Å². The summed E-state index contributed by atoms with van der Waals surface area (Å²) >= 11 is 0. The van der Waals surface area contributed by atoms with Crippen molar-refractivity contribution in [1.82, 2.24) is 31.2 Å². The largest absolute Gasteiger partial charge is 0.497 e. The third-order valence-corrected chi connectivity index (χ3v) is 9.51. The lowest BCUT2D eigenvalue weighted by molar-refractivity contribution is -0.143. The van der Waals surface area contributed by atoms with E-state index in [4.69, 9.17) is 14.5 Å². The number of ether oxygens (including phenoxy) is 2. The van der Waals surface area contributed by atoms with Crippen LogP contribution in [0.25, 0.3) is 10.9 Å². The Bertz CT molecular complexity index is 1610. The smallest absolute Gasteiger partial charge is 0.315 e. The van der Waals surface area contributed by atoms with Gasteiger partial charge in [-0.15, -0.1) is 0 Å². The van der Waals surface area contributed by atoms with Crippen molar-refractivity contribution in [3.63, 3.8) is 0 Å². The van der Waals surface area contributed by atoms with Crippen molar-refractivity contribution in [2.45, 2.75) is 141 Å². The van der Waals surface area contributed by atoms with E-state index in [0.29, 0.717) is 30.3 Å². The number of urea groups is 1. The average Bonchev–Trinajstić information content (AvgIpc) is 3.99. The topological polar surface area (TPSA) is 171 Å². The number of nitrogens with one attached hydrogen (secondary N) is 4. The highest BCUT2D eigenvalue weighted by Gasteiger charge is 2.47. The maximum atomic E-state index is 14.5. The summed E-state index contributed by atoms with van der Waals surface area (Å²) in [5, 5.41) is 23.2. The zero-order valence-electron chi connectivity index (χ0n) is 31.3. The first-order valence-corrected chi connectivity index (χ1v) is 18.3. The van der Waals surface area contributed by atoms with Gasteiger partial charge >= 0.3 is 6.03 Å². The maximum absolute atomic E-state index is 14.5. The highest BCUT2D eigenvalue weighted by molar-refractivity contribution is 5.94. The fourth-order valence-electron chi connectivity index (χ4n) is 6.48. The highest BCUT2D eigenvalue weighted by atomic mass is 16.5. The number of likely N-dealkylation sites (tertiary alicyclic amines) is 1. The molecule has 2 unspecified atom stereocenters. The number of aliphatic hydroxyl groups is 1. The lowest BCUT2D eigenvalue weighted by atomic mass is 9.85. The van der Waals surface area contributed by atoms with Crippen LogP contribution in [0.5, 0.6) is 11.5 Å². The first kappa shape index (κ1) is 38.1. The fraction of sp³-hybridized carbons (Fsp3) is 0.658. The summed E-state index contributed by atoms with van der Waals surface area (Å²) in [6.45, 7) is 13.1. The number of carbonyl (C=O) groups is 4. The molecule has 2 aliphatic carbocycles. The lowest BCUT2D eigenvalue weighted by Gasteiger charge is -2.36. The van der Waals surface area contributed by atoms with Crippen molar-refractivity contribution in [3.05, 3.63) is 30.0 Å². The predicted molar refractivity (Wildman–Crippen MR) is 193 cm³/mol. The van der Waals surface area contributed by atoms with Crippen LogP contribution in [-0.2, 0) is 14.4 Å².